The standard InChI is InChI=1S/C11H9N3OS2/c1-15-6-2-3-7-9(4-6)17-10(13-7)8-5-16-11(12)14-8/h2-5H,1H3,(H2,12,14). The van der Waals surface area contributed by atoms with Gasteiger partial charge in [-0.2, -0.15) is 0 Å². The molecule has 0 saturated carbocycles. The van der Waals surface area contributed by atoms with E-state index in [0.29, 0.717) is 5.13 Å². The number of rotatable bonds is 2. The summed E-state index contributed by atoms with van der Waals surface area (Å²) in [5, 5.41) is 3.38. The summed E-state index contributed by atoms with van der Waals surface area (Å²) in [4.78, 5) is 8.76. The van der Waals surface area contributed by atoms with Crippen LogP contribution in [-0.2, 0) is 0 Å². The Labute approximate surface area is 106 Å². The Kier molecular flexibility index (Phi) is 2.45. The van der Waals surface area contributed by atoms with Crippen molar-refractivity contribution in [2.75, 3.05) is 12.8 Å². The third kappa shape index (κ3) is 1.85. The molecule has 0 unspecified atom stereocenters. The van der Waals surface area contributed by atoms with Crippen LogP contribution in [-0.4, -0.2) is 17.1 Å². The fraction of sp³-hybridized carbons (Fsp3) is 0.0909. The lowest BCUT2D eigenvalue weighted by atomic mass is 10.3. The van der Waals surface area contributed by atoms with E-state index in [1.807, 2.05) is 23.6 Å². The van der Waals surface area contributed by atoms with Gasteiger partial charge in [0.1, 0.15) is 16.5 Å². The first-order valence-corrected chi connectivity index (χ1v) is 6.62. The Morgan fingerprint density at radius 1 is 1.29 bits per heavy atom. The van der Waals surface area contributed by atoms with Gasteiger partial charge in [0.05, 0.1) is 17.3 Å². The monoisotopic (exact) mass is 263 g/mol. The summed E-state index contributed by atoms with van der Waals surface area (Å²) in [6.07, 6.45) is 0. The number of methoxy groups -OCH3 is 1. The van der Waals surface area contributed by atoms with Gasteiger partial charge in [0.2, 0.25) is 0 Å². The molecule has 4 nitrogen and oxygen atoms in total. The quantitative estimate of drug-likeness (QED) is 0.772. The zero-order valence-electron chi connectivity index (χ0n) is 9.01. The fourth-order valence-electron chi connectivity index (χ4n) is 1.53. The van der Waals surface area contributed by atoms with E-state index in [4.69, 9.17) is 10.5 Å². The Morgan fingerprint density at radius 3 is 2.88 bits per heavy atom. The summed E-state index contributed by atoms with van der Waals surface area (Å²) in [6.45, 7) is 0. The van der Waals surface area contributed by atoms with E-state index < -0.39 is 0 Å². The van der Waals surface area contributed by atoms with Gasteiger partial charge in [-0.15, -0.1) is 22.7 Å². The number of fused-ring (bicyclic) bond motifs is 1. The van der Waals surface area contributed by atoms with Crippen molar-refractivity contribution in [3.63, 3.8) is 0 Å². The molecule has 0 aliphatic carbocycles. The molecule has 6 heteroatoms. The summed E-state index contributed by atoms with van der Waals surface area (Å²) in [5.74, 6) is 0.838. The van der Waals surface area contributed by atoms with E-state index in [-0.39, 0.29) is 0 Å². The lowest BCUT2D eigenvalue weighted by Gasteiger charge is -1.96. The van der Waals surface area contributed by atoms with Crippen LogP contribution in [0.4, 0.5) is 5.13 Å². The highest BCUT2D eigenvalue weighted by Crippen LogP contribution is 2.33. The van der Waals surface area contributed by atoms with Crippen molar-refractivity contribution in [2.45, 2.75) is 0 Å². The molecule has 2 heterocycles. The first kappa shape index (κ1) is 10.5. The number of nitrogens with zero attached hydrogens (tertiary/aromatic N) is 2. The van der Waals surface area contributed by atoms with Crippen LogP contribution < -0.4 is 10.5 Å². The molecule has 86 valence electrons. The van der Waals surface area contributed by atoms with Crippen LogP contribution in [0.3, 0.4) is 0 Å². The molecule has 0 atom stereocenters. The maximum atomic E-state index is 5.62. The number of benzene rings is 1. The van der Waals surface area contributed by atoms with Crippen LogP contribution in [0.5, 0.6) is 5.75 Å². The van der Waals surface area contributed by atoms with Gasteiger partial charge in [0.25, 0.3) is 0 Å². The second-order valence-electron chi connectivity index (χ2n) is 3.42. The van der Waals surface area contributed by atoms with Gasteiger partial charge in [-0.3, -0.25) is 0 Å². The molecule has 1 aromatic carbocycles. The molecule has 0 fully saturated rings. The molecule has 3 rings (SSSR count). The summed E-state index contributed by atoms with van der Waals surface area (Å²) < 4.78 is 6.28. The van der Waals surface area contributed by atoms with Gasteiger partial charge < -0.3 is 10.5 Å². The number of hydrogen-bond acceptors (Lipinski definition) is 6. The zero-order valence-corrected chi connectivity index (χ0v) is 10.6. The topological polar surface area (TPSA) is 61.0 Å². The number of ether oxygens (including phenoxy) is 1. The summed E-state index contributed by atoms with van der Waals surface area (Å²) in [5.41, 5.74) is 7.42. The Morgan fingerprint density at radius 2 is 2.18 bits per heavy atom. The van der Waals surface area contributed by atoms with Crippen LogP contribution in [0.2, 0.25) is 0 Å². The van der Waals surface area contributed by atoms with Crippen LogP contribution in [0.15, 0.2) is 23.6 Å². The molecule has 0 bridgehead atoms. The second kappa shape index (κ2) is 3.97. The predicted molar refractivity (Wildman–Crippen MR) is 71.7 cm³/mol. The largest absolute Gasteiger partial charge is 0.497 e. The SMILES string of the molecule is COc1ccc2nc(-c3csc(N)n3)sc2c1. The van der Waals surface area contributed by atoms with E-state index in [9.17, 15) is 0 Å². The minimum atomic E-state index is 0.567. The number of thiazole rings is 2. The molecule has 0 aliphatic heterocycles. The second-order valence-corrected chi connectivity index (χ2v) is 5.34. The Hall–Kier alpha value is -1.66. The molecular formula is C11H9N3OS2. The van der Waals surface area contributed by atoms with Gasteiger partial charge in [-0.05, 0) is 18.2 Å². The minimum absolute atomic E-state index is 0.567. The van der Waals surface area contributed by atoms with Gasteiger partial charge in [-0.25, -0.2) is 9.97 Å². The fourth-order valence-corrected chi connectivity index (χ4v) is 3.10. The van der Waals surface area contributed by atoms with Crippen LogP contribution >= 0.6 is 22.7 Å². The highest BCUT2D eigenvalue weighted by Gasteiger charge is 2.09. The third-order valence-electron chi connectivity index (χ3n) is 2.34. The first-order valence-electron chi connectivity index (χ1n) is 4.92. The molecule has 0 aliphatic rings. The molecule has 2 N–H and O–H groups in total. The Balaban J connectivity index is 2.13. The van der Waals surface area contributed by atoms with Gasteiger partial charge in [0.15, 0.2) is 5.13 Å². The van der Waals surface area contributed by atoms with Crippen molar-refractivity contribution in [1.82, 2.24) is 9.97 Å². The van der Waals surface area contributed by atoms with Crippen molar-refractivity contribution < 1.29 is 4.74 Å². The lowest BCUT2D eigenvalue weighted by Crippen LogP contribution is -1.82. The molecule has 0 radical (unpaired) electrons. The maximum absolute atomic E-state index is 5.62. The van der Waals surface area contributed by atoms with Gasteiger partial charge >= 0.3 is 0 Å². The van der Waals surface area contributed by atoms with Crippen LogP contribution in [0, 0.1) is 0 Å². The molecule has 0 spiro atoms. The van der Waals surface area contributed by atoms with Gasteiger partial charge in [-0.1, -0.05) is 0 Å². The summed E-state index contributed by atoms with van der Waals surface area (Å²) in [7, 11) is 1.66. The predicted octanol–water partition coefficient (Wildman–Crippen LogP) is 3.01. The number of nitrogens with two attached hydrogens (primary N) is 1. The Bertz CT molecular complexity index is 674. The van der Waals surface area contributed by atoms with E-state index >= 15 is 0 Å². The van der Waals surface area contributed by atoms with Crippen LogP contribution in [0.25, 0.3) is 20.9 Å². The van der Waals surface area contributed by atoms with Crippen molar-refractivity contribution >= 4 is 38.0 Å². The molecule has 3 aromatic rings. The zero-order chi connectivity index (χ0) is 11.8. The minimum Gasteiger partial charge on any atom is -0.497 e. The highest BCUT2D eigenvalue weighted by molar-refractivity contribution is 7.22. The smallest absolute Gasteiger partial charge is 0.180 e. The first-order chi connectivity index (χ1) is 8.26. The van der Waals surface area contributed by atoms with Crippen molar-refractivity contribution in [3.8, 4) is 16.5 Å². The highest BCUT2D eigenvalue weighted by atomic mass is 32.1. The summed E-state index contributed by atoms with van der Waals surface area (Å²) in [6, 6.07) is 5.83. The van der Waals surface area contributed by atoms with E-state index in [1.54, 1.807) is 18.4 Å². The average Bonchev–Trinajstić information content (AvgIpc) is 2.93. The van der Waals surface area contributed by atoms with E-state index in [0.717, 1.165) is 26.7 Å². The van der Waals surface area contributed by atoms with Crippen LogP contribution in [0.1, 0.15) is 0 Å². The van der Waals surface area contributed by atoms with Crippen molar-refractivity contribution in [2.24, 2.45) is 0 Å². The number of hydrogen-bond donors (Lipinski definition) is 1. The third-order valence-corrected chi connectivity index (χ3v) is 4.05. The van der Waals surface area contributed by atoms with E-state index in [2.05, 4.69) is 9.97 Å². The number of nitrogen functional groups attached to an aromatic ring is 1. The maximum Gasteiger partial charge on any atom is 0.180 e. The van der Waals surface area contributed by atoms with Crippen molar-refractivity contribution in [1.29, 1.82) is 0 Å². The molecule has 17 heavy (non-hydrogen) atoms. The molecule has 0 saturated heterocycles. The lowest BCUT2D eigenvalue weighted by molar-refractivity contribution is 0.415. The van der Waals surface area contributed by atoms with Gasteiger partial charge in [0, 0.05) is 5.38 Å². The molecular weight excluding hydrogens is 254 g/mol. The molecule has 0 amide bonds. The van der Waals surface area contributed by atoms with Crippen molar-refractivity contribution in [3.05, 3.63) is 23.6 Å². The number of aromatic nitrogens is 2. The summed E-state index contributed by atoms with van der Waals surface area (Å²) >= 11 is 3.02. The molecule has 2 aromatic heterocycles. The van der Waals surface area contributed by atoms with E-state index in [1.165, 1.54) is 11.3 Å². The normalized spacial score (nSPS) is 10.9. The average molecular weight is 263 g/mol. The number of anilines is 1.